The molecule has 0 aromatic rings. The molecule has 0 unspecified atom stereocenters. The fraction of sp³-hybridized carbons (Fsp3) is 0.824. The molecular weight excluding hydrogens is 312 g/mol. The van der Waals surface area contributed by atoms with Crippen molar-refractivity contribution in [3.05, 3.63) is 12.2 Å². The second kappa shape index (κ2) is 7.05. The summed E-state index contributed by atoms with van der Waals surface area (Å²) in [5.74, 6) is -0.340. The van der Waals surface area contributed by atoms with Gasteiger partial charge in [-0.3, -0.25) is 4.79 Å². The first kappa shape index (κ1) is 20.4. The lowest BCUT2D eigenvalue weighted by Gasteiger charge is -2.38. The molecule has 134 valence electrons. The normalized spacial score (nSPS) is 26.2. The standard InChI is InChI=1S/C17H32O5Si/c1-16(2,3)15(19)22-14-10-9-12(18)13(21-14)11-20-23(7,8)17(4,5)6/h9-10,12-14,18H,11H2,1-8H3/t12-,13+,14+/m0/s1. The first-order chi connectivity index (χ1) is 10.2. The molecule has 0 aliphatic carbocycles. The van der Waals surface area contributed by atoms with Gasteiger partial charge in [0, 0.05) is 0 Å². The van der Waals surface area contributed by atoms with Gasteiger partial charge in [0.1, 0.15) is 12.2 Å². The average molecular weight is 345 g/mol. The van der Waals surface area contributed by atoms with E-state index in [-0.39, 0.29) is 17.6 Å². The molecule has 0 fully saturated rings. The number of esters is 1. The molecule has 23 heavy (non-hydrogen) atoms. The molecule has 0 bridgehead atoms. The zero-order valence-electron chi connectivity index (χ0n) is 15.7. The second-order valence-electron chi connectivity index (χ2n) is 8.65. The molecule has 3 atom stereocenters. The SMILES string of the molecule is CC(C)(C)C(=O)O[C@@H]1C=C[C@H](O)[C@@H](CO[Si](C)(C)C(C)(C)C)O1. The number of ether oxygens (including phenoxy) is 2. The van der Waals surface area contributed by atoms with Crippen LogP contribution in [0.2, 0.25) is 18.1 Å². The Balaban J connectivity index is 2.65. The monoisotopic (exact) mass is 344 g/mol. The van der Waals surface area contributed by atoms with Gasteiger partial charge in [-0.15, -0.1) is 0 Å². The number of hydrogen-bond acceptors (Lipinski definition) is 5. The number of aliphatic hydroxyl groups excluding tert-OH is 1. The van der Waals surface area contributed by atoms with Crippen molar-refractivity contribution < 1.29 is 23.8 Å². The molecule has 0 spiro atoms. The summed E-state index contributed by atoms with van der Waals surface area (Å²) in [4.78, 5) is 11.9. The van der Waals surface area contributed by atoms with E-state index in [1.54, 1.807) is 32.9 Å². The van der Waals surface area contributed by atoms with Crippen LogP contribution in [0.5, 0.6) is 0 Å². The van der Waals surface area contributed by atoms with Gasteiger partial charge in [0.05, 0.1) is 12.0 Å². The lowest BCUT2D eigenvalue weighted by Crippen LogP contribution is -2.47. The predicted molar refractivity (Wildman–Crippen MR) is 92.5 cm³/mol. The lowest BCUT2D eigenvalue weighted by atomic mass is 9.97. The molecule has 0 aromatic heterocycles. The number of hydrogen-bond donors (Lipinski definition) is 1. The third kappa shape index (κ3) is 5.71. The lowest BCUT2D eigenvalue weighted by molar-refractivity contribution is -0.199. The van der Waals surface area contributed by atoms with Crippen molar-refractivity contribution in [3.8, 4) is 0 Å². The zero-order chi connectivity index (χ0) is 18.1. The molecule has 1 aliphatic rings. The summed E-state index contributed by atoms with van der Waals surface area (Å²) in [5.41, 5.74) is -0.597. The number of aliphatic hydroxyl groups is 1. The van der Waals surface area contributed by atoms with Crippen LogP contribution in [-0.4, -0.2) is 44.5 Å². The van der Waals surface area contributed by atoms with Crippen LogP contribution < -0.4 is 0 Å². The minimum Gasteiger partial charge on any atom is -0.432 e. The highest BCUT2D eigenvalue weighted by atomic mass is 28.4. The van der Waals surface area contributed by atoms with Crippen molar-refractivity contribution in [2.24, 2.45) is 5.41 Å². The van der Waals surface area contributed by atoms with Crippen molar-refractivity contribution in [2.45, 2.75) is 78.2 Å². The molecule has 6 heteroatoms. The highest BCUT2D eigenvalue weighted by molar-refractivity contribution is 6.74. The smallest absolute Gasteiger partial charge is 0.313 e. The summed E-state index contributed by atoms with van der Waals surface area (Å²) in [6, 6.07) is 0. The molecule has 0 radical (unpaired) electrons. The van der Waals surface area contributed by atoms with E-state index in [0.717, 1.165) is 0 Å². The van der Waals surface area contributed by atoms with Crippen LogP contribution in [0.1, 0.15) is 41.5 Å². The maximum atomic E-state index is 11.9. The maximum Gasteiger partial charge on any atom is 0.313 e. The zero-order valence-corrected chi connectivity index (χ0v) is 16.7. The van der Waals surface area contributed by atoms with Crippen LogP contribution in [-0.2, 0) is 18.7 Å². The van der Waals surface area contributed by atoms with Crippen LogP contribution in [0.15, 0.2) is 12.2 Å². The topological polar surface area (TPSA) is 65.0 Å². The fourth-order valence-electron chi connectivity index (χ4n) is 1.62. The Morgan fingerprint density at radius 3 is 2.22 bits per heavy atom. The van der Waals surface area contributed by atoms with E-state index in [2.05, 4.69) is 33.9 Å². The minimum atomic E-state index is -1.93. The largest absolute Gasteiger partial charge is 0.432 e. The molecule has 5 nitrogen and oxygen atoms in total. The Kier molecular flexibility index (Phi) is 6.24. The summed E-state index contributed by atoms with van der Waals surface area (Å²) in [6.07, 6.45) is 1.09. The highest BCUT2D eigenvalue weighted by Crippen LogP contribution is 2.37. The molecule has 0 amide bonds. The summed E-state index contributed by atoms with van der Waals surface area (Å²) in [6.45, 7) is 16.4. The van der Waals surface area contributed by atoms with Crippen molar-refractivity contribution in [3.63, 3.8) is 0 Å². The Labute approximate surface area is 141 Å². The Hall–Kier alpha value is -0.693. The van der Waals surface area contributed by atoms with Gasteiger partial charge < -0.3 is 19.0 Å². The first-order valence-electron chi connectivity index (χ1n) is 8.11. The van der Waals surface area contributed by atoms with Gasteiger partial charge in [-0.25, -0.2) is 0 Å². The van der Waals surface area contributed by atoms with Crippen LogP contribution in [0.4, 0.5) is 0 Å². The number of carbonyl (C=O) groups excluding carboxylic acids is 1. The molecule has 0 saturated heterocycles. The van der Waals surface area contributed by atoms with E-state index in [4.69, 9.17) is 13.9 Å². The van der Waals surface area contributed by atoms with Gasteiger partial charge in [-0.2, -0.15) is 0 Å². The van der Waals surface area contributed by atoms with Gasteiger partial charge in [-0.1, -0.05) is 26.8 Å². The van der Waals surface area contributed by atoms with E-state index < -0.39 is 32.2 Å². The van der Waals surface area contributed by atoms with Gasteiger partial charge in [0.25, 0.3) is 0 Å². The Morgan fingerprint density at radius 1 is 1.17 bits per heavy atom. The molecule has 1 rings (SSSR count). The van der Waals surface area contributed by atoms with Crippen molar-refractivity contribution in [1.29, 1.82) is 0 Å². The summed E-state index contributed by atoms with van der Waals surface area (Å²) in [7, 11) is -1.93. The average Bonchev–Trinajstić information content (AvgIpc) is 2.37. The van der Waals surface area contributed by atoms with E-state index in [1.807, 2.05) is 0 Å². The van der Waals surface area contributed by atoms with E-state index in [1.165, 1.54) is 0 Å². The van der Waals surface area contributed by atoms with Gasteiger partial charge in [0.2, 0.25) is 6.29 Å². The quantitative estimate of drug-likeness (QED) is 0.482. The summed E-state index contributed by atoms with van der Waals surface area (Å²) < 4.78 is 17.1. The third-order valence-electron chi connectivity index (χ3n) is 4.41. The molecule has 1 aliphatic heterocycles. The van der Waals surface area contributed by atoms with Gasteiger partial charge >= 0.3 is 5.97 Å². The summed E-state index contributed by atoms with van der Waals surface area (Å²) in [5, 5.41) is 10.1. The molecule has 1 N–H and O–H groups in total. The maximum absolute atomic E-state index is 11.9. The van der Waals surface area contributed by atoms with Crippen molar-refractivity contribution in [1.82, 2.24) is 0 Å². The Bertz CT molecular complexity index is 445. The van der Waals surface area contributed by atoms with Crippen LogP contribution in [0.25, 0.3) is 0 Å². The predicted octanol–water partition coefficient (Wildman–Crippen LogP) is 3.24. The van der Waals surface area contributed by atoms with E-state index >= 15 is 0 Å². The molecule has 0 aromatic carbocycles. The molecule has 0 saturated carbocycles. The summed E-state index contributed by atoms with van der Waals surface area (Å²) >= 11 is 0. The fourth-order valence-corrected chi connectivity index (χ4v) is 2.63. The van der Waals surface area contributed by atoms with Crippen molar-refractivity contribution in [2.75, 3.05) is 6.61 Å². The number of carbonyl (C=O) groups is 1. The van der Waals surface area contributed by atoms with Crippen LogP contribution in [0, 0.1) is 5.41 Å². The Morgan fingerprint density at radius 2 is 1.74 bits per heavy atom. The highest BCUT2D eigenvalue weighted by Gasteiger charge is 2.39. The van der Waals surface area contributed by atoms with E-state index in [9.17, 15) is 9.90 Å². The molecule has 1 heterocycles. The van der Waals surface area contributed by atoms with Crippen molar-refractivity contribution >= 4 is 14.3 Å². The van der Waals surface area contributed by atoms with Crippen LogP contribution >= 0.6 is 0 Å². The first-order valence-corrected chi connectivity index (χ1v) is 11.0. The van der Waals surface area contributed by atoms with Crippen LogP contribution in [0.3, 0.4) is 0 Å². The van der Waals surface area contributed by atoms with Gasteiger partial charge in [-0.05, 0) is 45.0 Å². The number of rotatable bonds is 4. The molecular formula is C17H32O5Si. The second-order valence-corrected chi connectivity index (χ2v) is 13.5. The third-order valence-corrected chi connectivity index (χ3v) is 8.91. The minimum absolute atomic E-state index is 0.0839. The van der Waals surface area contributed by atoms with E-state index in [0.29, 0.717) is 0 Å². The van der Waals surface area contributed by atoms with Gasteiger partial charge in [0.15, 0.2) is 8.32 Å².